The van der Waals surface area contributed by atoms with Gasteiger partial charge in [-0.3, -0.25) is 14.4 Å². The first-order valence-electron chi connectivity index (χ1n) is 15.4. The minimum Gasteiger partial charge on any atom is -0.493 e. The molecule has 3 N–H and O–H groups in total. The Balaban J connectivity index is 1.94. The lowest BCUT2D eigenvalue weighted by Crippen LogP contribution is -2.56. The Hall–Kier alpha value is -2.18. The second-order valence-electron chi connectivity index (χ2n) is 11.4. The van der Waals surface area contributed by atoms with Gasteiger partial charge < -0.3 is 29.9 Å². The molecule has 0 bridgehead atoms. The number of rotatable bonds is 16. The van der Waals surface area contributed by atoms with Gasteiger partial charge in [-0.05, 0) is 66.0 Å². The molecule has 0 saturated heterocycles. The average Bonchev–Trinajstić information content (AvgIpc) is 3.00. The number of aldehydes is 1. The van der Waals surface area contributed by atoms with E-state index in [-0.39, 0.29) is 31.4 Å². The van der Waals surface area contributed by atoms with Crippen molar-refractivity contribution in [2.24, 2.45) is 5.92 Å². The topological polar surface area (TPSA) is 125 Å². The van der Waals surface area contributed by atoms with Crippen LogP contribution in [0.3, 0.4) is 0 Å². The van der Waals surface area contributed by atoms with Crippen LogP contribution in [0.25, 0.3) is 0 Å². The number of aliphatic hydroxyl groups is 2. The van der Waals surface area contributed by atoms with E-state index >= 15 is 0 Å². The standard InChI is InChI=1S/C32H47IN2O7/c1-3-4-5-6-10-13-29(38)35(20-22-11-8-7-9-12-22)26-18-24(32(40)34-14-15-36)19-27(30(26)39)42-31-25(33)16-23(21-37)17-28(31)41-2/h16-17,19,21-22,26-27,30,36,39H,3-15,18,20H2,1-2H3,(H,34,40). The number of hydrogen-bond acceptors (Lipinski definition) is 7. The van der Waals surface area contributed by atoms with Crippen LogP contribution in [0.15, 0.2) is 23.8 Å². The van der Waals surface area contributed by atoms with Crippen LogP contribution >= 0.6 is 22.6 Å². The van der Waals surface area contributed by atoms with Gasteiger partial charge in [-0.1, -0.05) is 51.9 Å². The van der Waals surface area contributed by atoms with Crippen LogP contribution in [-0.2, 0) is 9.59 Å². The number of aliphatic hydroxyl groups excluding tert-OH is 2. The van der Waals surface area contributed by atoms with Crippen molar-refractivity contribution in [1.29, 1.82) is 0 Å². The number of hydrogen-bond donors (Lipinski definition) is 3. The molecule has 2 amide bonds. The molecule has 42 heavy (non-hydrogen) atoms. The van der Waals surface area contributed by atoms with Crippen molar-refractivity contribution in [2.75, 3.05) is 26.8 Å². The Morgan fingerprint density at radius 2 is 1.88 bits per heavy atom. The number of amides is 2. The molecule has 3 atom stereocenters. The molecule has 0 aromatic heterocycles. The number of halogens is 1. The summed E-state index contributed by atoms with van der Waals surface area (Å²) in [7, 11) is 1.47. The van der Waals surface area contributed by atoms with E-state index in [4.69, 9.17) is 9.47 Å². The first-order chi connectivity index (χ1) is 20.3. The summed E-state index contributed by atoms with van der Waals surface area (Å²) < 4.78 is 12.4. The van der Waals surface area contributed by atoms with Gasteiger partial charge in [0.25, 0.3) is 0 Å². The molecule has 1 aromatic rings. The summed E-state index contributed by atoms with van der Waals surface area (Å²) in [6, 6.07) is 2.57. The minimum atomic E-state index is -1.10. The predicted octanol–water partition coefficient (Wildman–Crippen LogP) is 4.80. The maximum Gasteiger partial charge on any atom is 0.247 e. The molecule has 3 rings (SSSR count). The fourth-order valence-electron chi connectivity index (χ4n) is 5.93. The predicted molar refractivity (Wildman–Crippen MR) is 170 cm³/mol. The molecule has 0 radical (unpaired) electrons. The molecule has 10 heteroatoms. The Bertz CT molecular complexity index is 1070. The number of nitrogens with one attached hydrogen (secondary N) is 1. The molecule has 1 saturated carbocycles. The highest BCUT2D eigenvalue weighted by molar-refractivity contribution is 14.1. The van der Waals surface area contributed by atoms with Gasteiger partial charge in [-0.2, -0.15) is 0 Å². The third-order valence-corrected chi connectivity index (χ3v) is 9.05. The average molecular weight is 699 g/mol. The third kappa shape index (κ3) is 9.67. The van der Waals surface area contributed by atoms with Gasteiger partial charge in [0.15, 0.2) is 11.5 Å². The largest absolute Gasteiger partial charge is 0.493 e. The van der Waals surface area contributed by atoms with Gasteiger partial charge in [-0.15, -0.1) is 0 Å². The summed E-state index contributed by atoms with van der Waals surface area (Å²) in [5.74, 6) is 0.668. The van der Waals surface area contributed by atoms with Crippen molar-refractivity contribution < 1.29 is 34.1 Å². The Kier molecular flexibility index (Phi) is 14.6. The summed E-state index contributed by atoms with van der Waals surface area (Å²) in [6.07, 6.45) is 11.6. The summed E-state index contributed by atoms with van der Waals surface area (Å²) in [4.78, 5) is 40.2. The highest BCUT2D eigenvalue weighted by Crippen LogP contribution is 2.37. The van der Waals surface area contributed by atoms with E-state index in [9.17, 15) is 24.6 Å². The smallest absolute Gasteiger partial charge is 0.247 e. The zero-order valence-corrected chi connectivity index (χ0v) is 27.1. The lowest BCUT2D eigenvalue weighted by molar-refractivity contribution is -0.140. The van der Waals surface area contributed by atoms with Crippen molar-refractivity contribution >= 4 is 40.7 Å². The fourth-order valence-corrected chi connectivity index (χ4v) is 6.68. The van der Waals surface area contributed by atoms with Crippen molar-refractivity contribution in [3.63, 3.8) is 0 Å². The van der Waals surface area contributed by atoms with Gasteiger partial charge in [0.2, 0.25) is 11.8 Å². The van der Waals surface area contributed by atoms with Crippen LogP contribution in [-0.4, -0.2) is 78.3 Å². The Morgan fingerprint density at radius 3 is 2.55 bits per heavy atom. The van der Waals surface area contributed by atoms with Crippen molar-refractivity contribution in [2.45, 2.75) is 102 Å². The zero-order valence-electron chi connectivity index (χ0n) is 25.0. The number of carbonyl (C=O) groups is 3. The summed E-state index contributed by atoms with van der Waals surface area (Å²) in [5, 5.41) is 23.8. The van der Waals surface area contributed by atoms with E-state index in [2.05, 4.69) is 34.8 Å². The van der Waals surface area contributed by atoms with E-state index in [0.29, 0.717) is 45.1 Å². The number of carbonyl (C=O) groups excluding carboxylic acids is 3. The van der Waals surface area contributed by atoms with E-state index in [1.807, 2.05) is 4.90 Å². The molecular weight excluding hydrogens is 651 g/mol. The van der Waals surface area contributed by atoms with Crippen molar-refractivity contribution in [1.82, 2.24) is 10.2 Å². The van der Waals surface area contributed by atoms with Crippen LogP contribution in [0, 0.1) is 9.49 Å². The number of unbranched alkanes of at least 4 members (excludes halogenated alkanes) is 4. The van der Waals surface area contributed by atoms with Gasteiger partial charge in [-0.25, -0.2) is 0 Å². The lowest BCUT2D eigenvalue weighted by atomic mass is 9.85. The fraction of sp³-hybridized carbons (Fsp3) is 0.656. The van der Waals surface area contributed by atoms with E-state index in [1.54, 1.807) is 18.2 Å². The molecule has 2 aliphatic rings. The van der Waals surface area contributed by atoms with E-state index in [0.717, 1.165) is 64.1 Å². The third-order valence-electron chi connectivity index (χ3n) is 8.25. The molecule has 0 heterocycles. The van der Waals surface area contributed by atoms with E-state index < -0.39 is 18.2 Å². The monoisotopic (exact) mass is 698 g/mol. The molecule has 9 nitrogen and oxygen atoms in total. The number of nitrogens with zero attached hydrogens (tertiary/aromatic N) is 1. The number of benzene rings is 1. The molecule has 1 fully saturated rings. The van der Waals surface area contributed by atoms with Crippen molar-refractivity contribution in [3.05, 3.63) is 32.9 Å². The molecule has 3 unspecified atom stereocenters. The van der Waals surface area contributed by atoms with E-state index in [1.165, 1.54) is 13.5 Å². The molecule has 2 aliphatic carbocycles. The molecule has 234 valence electrons. The summed E-state index contributed by atoms with van der Waals surface area (Å²) in [6.45, 7) is 2.60. The highest BCUT2D eigenvalue weighted by Gasteiger charge is 2.41. The SMILES string of the molecule is CCCCCCCC(=O)N(CC1CCCCC1)C1CC(C(=O)NCCO)=CC(Oc2c(I)cc(C=O)cc2OC)C1O. The second-order valence-corrected chi connectivity index (χ2v) is 12.5. The molecular formula is C32H47IN2O7. The maximum atomic E-state index is 13.8. The highest BCUT2D eigenvalue weighted by atomic mass is 127. The lowest BCUT2D eigenvalue weighted by Gasteiger charge is -2.42. The Labute approximate surface area is 263 Å². The van der Waals surface area contributed by atoms with Crippen LogP contribution in [0.5, 0.6) is 11.5 Å². The van der Waals surface area contributed by atoms with Gasteiger partial charge in [0.1, 0.15) is 18.5 Å². The molecule has 1 aromatic carbocycles. The number of ether oxygens (including phenoxy) is 2. The van der Waals surface area contributed by atoms with Gasteiger partial charge in [0.05, 0.1) is 23.3 Å². The van der Waals surface area contributed by atoms with Crippen LogP contribution in [0.2, 0.25) is 0 Å². The second kappa shape index (κ2) is 17.8. The minimum absolute atomic E-state index is 0.000569. The van der Waals surface area contributed by atoms with Crippen LogP contribution in [0.1, 0.15) is 94.3 Å². The van der Waals surface area contributed by atoms with Gasteiger partial charge >= 0.3 is 0 Å². The first-order valence-corrected chi connectivity index (χ1v) is 16.5. The van der Waals surface area contributed by atoms with Gasteiger partial charge in [0, 0.05) is 37.1 Å². The number of methoxy groups -OCH3 is 1. The summed E-state index contributed by atoms with van der Waals surface area (Å²) >= 11 is 2.05. The first kappa shape index (κ1) is 34.3. The zero-order chi connectivity index (χ0) is 30.5. The molecule has 0 aliphatic heterocycles. The normalized spacial score (nSPS) is 20.9. The van der Waals surface area contributed by atoms with Crippen LogP contribution < -0.4 is 14.8 Å². The van der Waals surface area contributed by atoms with Crippen molar-refractivity contribution in [3.8, 4) is 11.5 Å². The molecule has 0 spiro atoms. The Morgan fingerprint density at radius 1 is 1.14 bits per heavy atom. The summed E-state index contributed by atoms with van der Waals surface area (Å²) in [5.41, 5.74) is 0.820. The van der Waals surface area contributed by atoms with Crippen LogP contribution in [0.4, 0.5) is 0 Å². The maximum absolute atomic E-state index is 13.8. The quantitative estimate of drug-likeness (QED) is 0.129.